The van der Waals surface area contributed by atoms with Crippen molar-refractivity contribution in [3.63, 3.8) is 0 Å². The molecule has 0 radical (unpaired) electrons. The molecule has 0 saturated carbocycles. The molecule has 2 heterocycles. The Morgan fingerprint density at radius 3 is 1.95 bits per heavy atom. The molecule has 2 rings (SSSR count). The second kappa shape index (κ2) is 5.24. The summed E-state index contributed by atoms with van der Waals surface area (Å²) >= 11 is 0. The molecule has 1 N–H and O–H groups in total. The summed E-state index contributed by atoms with van der Waals surface area (Å²) in [5, 5.41) is 9.34. The van der Waals surface area contributed by atoms with Gasteiger partial charge in [0.05, 0.1) is 0 Å². The zero-order chi connectivity index (χ0) is 15.1. The van der Waals surface area contributed by atoms with Gasteiger partial charge in [0.1, 0.15) is 11.7 Å². The van der Waals surface area contributed by atoms with E-state index in [1.165, 1.54) is 6.92 Å². The summed E-state index contributed by atoms with van der Waals surface area (Å²) in [7, 11) is 0. The largest absolute Gasteiger partial charge is 0.444 e. The summed E-state index contributed by atoms with van der Waals surface area (Å²) in [6.07, 6.45) is -1.23. The average Bonchev–Trinajstić information content (AvgIpc) is 2.82. The van der Waals surface area contributed by atoms with Crippen LogP contribution in [0.5, 0.6) is 0 Å². The van der Waals surface area contributed by atoms with Crippen LogP contribution in [0.4, 0.5) is 4.79 Å². The van der Waals surface area contributed by atoms with E-state index in [1.54, 1.807) is 9.80 Å². The molecule has 2 fully saturated rings. The fourth-order valence-corrected chi connectivity index (χ4v) is 2.91. The highest BCUT2D eigenvalue weighted by molar-refractivity contribution is 5.80. The maximum Gasteiger partial charge on any atom is 0.410 e. The number of nitrogens with zero attached hydrogens (tertiary/aromatic N) is 2. The normalized spacial score (nSPS) is 27.4. The molecule has 6 nitrogen and oxygen atoms in total. The number of aliphatic hydroxyl groups is 1. The molecule has 3 atom stereocenters. The number of aliphatic hydroxyl groups excluding tert-OH is 1. The highest BCUT2D eigenvalue weighted by atomic mass is 16.6. The summed E-state index contributed by atoms with van der Waals surface area (Å²) < 4.78 is 5.37. The predicted octanol–water partition coefficient (Wildman–Crippen LogP) is 0.692. The van der Waals surface area contributed by atoms with Crippen molar-refractivity contribution in [2.45, 2.75) is 39.4 Å². The van der Waals surface area contributed by atoms with Crippen molar-refractivity contribution in [1.29, 1.82) is 0 Å². The van der Waals surface area contributed by atoms with Gasteiger partial charge in [-0.05, 0) is 27.7 Å². The Morgan fingerprint density at radius 1 is 1.10 bits per heavy atom. The summed E-state index contributed by atoms with van der Waals surface area (Å²) in [5.74, 6) is 0.374. The first-order valence-electron chi connectivity index (χ1n) is 7.12. The quantitative estimate of drug-likeness (QED) is 0.769. The number of ether oxygens (including phenoxy) is 1. The SMILES string of the molecule is CC(O)C(=O)N1C[C@H]2CN(C(=O)OC(C)(C)C)C[C@H]2C1. The van der Waals surface area contributed by atoms with Crippen molar-refractivity contribution < 1.29 is 19.4 Å². The van der Waals surface area contributed by atoms with Gasteiger partial charge in [0.2, 0.25) is 0 Å². The van der Waals surface area contributed by atoms with Crippen LogP contribution in [-0.4, -0.2) is 64.8 Å². The lowest BCUT2D eigenvalue weighted by Crippen LogP contribution is -2.40. The van der Waals surface area contributed by atoms with E-state index in [2.05, 4.69) is 0 Å². The summed E-state index contributed by atoms with van der Waals surface area (Å²) in [4.78, 5) is 27.2. The molecule has 2 amide bonds. The number of hydrogen-bond acceptors (Lipinski definition) is 4. The van der Waals surface area contributed by atoms with Crippen molar-refractivity contribution in [3.8, 4) is 0 Å². The summed E-state index contributed by atoms with van der Waals surface area (Å²) in [5.41, 5.74) is -0.483. The van der Waals surface area contributed by atoms with E-state index in [0.29, 0.717) is 38.0 Å². The van der Waals surface area contributed by atoms with Crippen molar-refractivity contribution >= 4 is 12.0 Å². The molecule has 0 aromatic carbocycles. The molecule has 0 spiro atoms. The maximum absolute atomic E-state index is 12.0. The van der Waals surface area contributed by atoms with Gasteiger partial charge in [-0.1, -0.05) is 0 Å². The standard InChI is InChI=1S/C14H24N2O4/c1-9(17)12(18)15-5-10-7-16(8-11(10)6-15)13(19)20-14(2,3)4/h9-11,17H,5-8H2,1-4H3/t9?,10-,11+. The van der Waals surface area contributed by atoms with Gasteiger partial charge in [-0.25, -0.2) is 4.79 Å². The Hall–Kier alpha value is -1.30. The Kier molecular flexibility index (Phi) is 3.95. The minimum absolute atomic E-state index is 0.219. The lowest BCUT2D eigenvalue weighted by Gasteiger charge is -2.26. The molecule has 2 aliphatic heterocycles. The fourth-order valence-electron chi connectivity index (χ4n) is 2.91. The fraction of sp³-hybridized carbons (Fsp3) is 0.857. The van der Waals surface area contributed by atoms with Gasteiger partial charge in [0, 0.05) is 38.0 Å². The van der Waals surface area contributed by atoms with Gasteiger partial charge in [0.15, 0.2) is 0 Å². The molecule has 0 aromatic rings. The molecule has 6 heteroatoms. The first kappa shape index (κ1) is 15.1. The first-order chi connectivity index (χ1) is 9.17. The van der Waals surface area contributed by atoms with Crippen LogP contribution in [0.25, 0.3) is 0 Å². The Bertz CT molecular complexity index is 388. The van der Waals surface area contributed by atoms with Crippen LogP contribution in [0, 0.1) is 11.8 Å². The number of hydrogen-bond donors (Lipinski definition) is 1. The Morgan fingerprint density at radius 2 is 1.55 bits per heavy atom. The number of amides is 2. The zero-order valence-corrected chi connectivity index (χ0v) is 12.6. The molecule has 2 aliphatic rings. The second-order valence-corrected chi connectivity index (χ2v) is 6.82. The van der Waals surface area contributed by atoms with E-state index in [4.69, 9.17) is 4.74 Å². The molecule has 0 aromatic heterocycles. The van der Waals surface area contributed by atoms with Crippen LogP contribution in [0.3, 0.4) is 0 Å². The number of carbonyl (C=O) groups excluding carboxylic acids is 2. The van der Waals surface area contributed by atoms with E-state index in [9.17, 15) is 14.7 Å². The van der Waals surface area contributed by atoms with Crippen molar-refractivity contribution in [2.24, 2.45) is 11.8 Å². The van der Waals surface area contributed by atoms with Gasteiger partial charge in [-0.2, -0.15) is 0 Å². The Balaban J connectivity index is 1.88. The first-order valence-corrected chi connectivity index (χ1v) is 7.12. The zero-order valence-electron chi connectivity index (χ0n) is 12.6. The predicted molar refractivity (Wildman–Crippen MR) is 73.0 cm³/mol. The molecule has 0 aliphatic carbocycles. The molecule has 2 saturated heterocycles. The van der Waals surface area contributed by atoms with Crippen LogP contribution < -0.4 is 0 Å². The van der Waals surface area contributed by atoms with Crippen LogP contribution in [0.2, 0.25) is 0 Å². The van der Waals surface area contributed by atoms with Gasteiger partial charge in [0.25, 0.3) is 5.91 Å². The van der Waals surface area contributed by atoms with Crippen LogP contribution >= 0.6 is 0 Å². The van der Waals surface area contributed by atoms with Crippen LogP contribution in [-0.2, 0) is 9.53 Å². The van der Waals surface area contributed by atoms with Gasteiger partial charge >= 0.3 is 6.09 Å². The van der Waals surface area contributed by atoms with Crippen molar-refractivity contribution in [3.05, 3.63) is 0 Å². The number of likely N-dealkylation sites (tertiary alicyclic amines) is 2. The third-order valence-corrected chi connectivity index (χ3v) is 3.81. The van der Waals surface area contributed by atoms with E-state index in [1.807, 2.05) is 20.8 Å². The molecule has 20 heavy (non-hydrogen) atoms. The molecule has 1 unspecified atom stereocenters. The van der Waals surface area contributed by atoms with E-state index >= 15 is 0 Å². The summed E-state index contributed by atoms with van der Waals surface area (Å²) in [6.45, 7) is 9.54. The molecular formula is C14H24N2O4. The van der Waals surface area contributed by atoms with E-state index < -0.39 is 11.7 Å². The minimum Gasteiger partial charge on any atom is -0.444 e. The highest BCUT2D eigenvalue weighted by Gasteiger charge is 2.44. The molecular weight excluding hydrogens is 260 g/mol. The van der Waals surface area contributed by atoms with Gasteiger partial charge < -0.3 is 19.6 Å². The number of fused-ring (bicyclic) bond motifs is 1. The smallest absolute Gasteiger partial charge is 0.410 e. The van der Waals surface area contributed by atoms with Gasteiger partial charge in [-0.15, -0.1) is 0 Å². The highest BCUT2D eigenvalue weighted by Crippen LogP contribution is 2.32. The maximum atomic E-state index is 12.0. The average molecular weight is 284 g/mol. The van der Waals surface area contributed by atoms with Crippen LogP contribution in [0.1, 0.15) is 27.7 Å². The third-order valence-electron chi connectivity index (χ3n) is 3.81. The molecule has 0 bridgehead atoms. The monoisotopic (exact) mass is 284 g/mol. The van der Waals surface area contributed by atoms with E-state index in [-0.39, 0.29) is 12.0 Å². The van der Waals surface area contributed by atoms with Crippen molar-refractivity contribution in [2.75, 3.05) is 26.2 Å². The van der Waals surface area contributed by atoms with Gasteiger partial charge in [-0.3, -0.25) is 4.79 Å². The number of carbonyl (C=O) groups is 2. The van der Waals surface area contributed by atoms with E-state index in [0.717, 1.165) is 0 Å². The Labute approximate surface area is 119 Å². The second-order valence-electron chi connectivity index (χ2n) is 6.82. The topological polar surface area (TPSA) is 70.1 Å². The lowest BCUT2D eigenvalue weighted by molar-refractivity contribution is -0.138. The lowest BCUT2D eigenvalue weighted by atomic mass is 10.0. The van der Waals surface area contributed by atoms with Crippen molar-refractivity contribution in [1.82, 2.24) is 9.80 Å². The summed E-state index contributed by atoms with van der Waals surface area (Å²) in [6, 6.07) is 0. The molecule has 114 valence electrons. The third kappa shape index (κ3) is 3.23. The minimum atomic E-state index is -0.948. The number of rotatable bonds is 1. The van der Waals surface area contributed by atoms with Crippen LogP contribution in [0.15, 0.2) is 0 Å².